The highest BCUT2D eigenvalue weighted by molar-refractivity contribution is 8.00. The third-order valence-corrected chi connectivity index (χ3v) is 8.98. The average molecular weight is 558 g/mol. The largest absolute Gasteiger partial charge is 0.465 e. The number of ketones is 2. The first-order valence-electron chi connectivity index (χ1n) is 13.3. The number of aryl methyl sites for hydroxylation is 1. The maximum absolute atomic E-state index is 15.6. The number of nitrogens with zero attached hydrogens (tertiary/aromatic N) is 1. The molecule has 208 valence electrons. The Balaban J connectivity index is 1.34. The molecule has 1 aromatic carbocycles. The maximum atomic E-state index is 15.6. The van der Waals surface area contributed by atoms with Gasteiger partial charge in [0.15, 0.2) is 5.82 Å². The van der Waals surface area contributed by atoms with Gasteiger partial charge in [-0.15, -0.1) is 0 Å². The van der Waals surface area contributed by atoms with Crippen molar-refractivity contribution in [2.24, 2.45) is 0 Å². The summed E-state index contributed by atoms with van der Waals surface area (Å²) in [6.45, 7) is 4.04. The van der Waals surface area contributed by atoms with Crippen molar-refractivity contribution in [2.45, 2.75) is 68.9 Å². The SMILES string of the molecule is CCOC(=O)[C@@H]1CCCN1C(=O)c1cccc(NC2C(=O)C(=O)C2NC(c2ccc(C)o2)C2CCCS2)c1F. The molecule has 0 radical (unpaired) electrons. The molecule has 0 bridgehead atoms. The number of rotatable bonds is 9. The second kappa shape index (κ2) is 11.5. The van der Waals surface area contributed by atoms with Crippen LogP contribution < -0.4 is 10.6 Å². The fourth-order valence-corrected chi connectivity index (χ4v) is 6.88. The zero-order valence-electron chi connectivity index (χ0n) is 21.9. The second-order valence-corrected chi connectivity index (χ2v) is 11.4. The number of nitrogens with one attached hydrogen (secondary N) is 2. The molecule has 0 spiro atoms. The van der Waals surface area contributed by atoms with Crippen LogP contribution in [0.5, 0.6) is 0 Å². The van der Waals surface area contributed by atoms with Crippen molar-refractivity contribution in [3.05, 3.63) is 53.2 Å². The molecule has 3 heterocycles. The summed E-state index contributed by atoms with van der Waals surface area (Å²) in [5.41, 5.74) is -0.281. The Kier molecular flexibility index (Phi) is 8.08. The van der Waals surface area contributed by atoms with Gasteiger partial charge in [-0.3, -0.25) is 19.7 Å². The summed E-state index contributed by atoms with van der Waals surface area (Å²) in [6, 6.07) is 5.08. The number of ether oxygens (including phenoxy) is 1. The highest BCUT2D eigenvalue weighted by Crippen LogP contribution is 2.38. The Labute approximate surface area is 230 Å². The van der Waals surface area contributed by atoms with Crippen LogP contribution in [0.3, 0.4) is 0 Å². The fourth-order valence-electron chi connectivity index (χ4n) is 5.51. The van der Waals surface area contributed by atoms with E-state index in [0.717, 1.165) is 24.4 Å². The van der Waals surface area contributed by atoms with E-state index in [9.17, 15) is 19.2 Å². The highest BCUT2D eigenvalue weighted by atomic mass is 32.2. The predicted octanol–water partition coefficient (Wildman–Crippen LogP) is 3.42. The Morgan fingerprint density at radius 1 is 1.15 bits per heavy atom. The molecule has 2 N–H and O–H groups in total. The lowest BCUT2D eigenvalue weighted by Gasteiger charge is -2.38. The van der Waals surface area contributed by atoms with E-state index in [1.807, 2.05) is 19.1 Å². The van der Waals surface area contributed by atoms with Gasteiger partial charge in [-0.1, -0.05) is 6.07 Å². The number of carbonyl (C=O) groups is 4. The minimum absolute atomic E-state index is 0.0639. The number of furan rings is 1. The first-order chi connectivity index (χ1) is 18.8. The molecule has 9 nitrogen and oxygen atoms in total. The standard InChI is InChI=1S/C28H32FN3O6S/c1-3-37-28(36)18-9-5-13-32(18)27(35)16-7-4-8-17(21(16)29)30-23-24(26(34)25(23)33)31-22(20-10-6-14-39-20)19-12-11-15(2)38-19/h4,7-8,11-12,18,20,22-24,30-31H,3,5-6,9-10,13-14H2,1-2H3/t18-,20?,22?,23?,24?/m0/s1. The van der Waals surface area contributed by atoms with Crippen molar-refractivity contribution in [3.8, 4) is 0 Å². The molecule has 1 aliphatic carbocycles. The van der Waals surface area contributed by atoms with E-state index in [1.165, 1.54) is 23.1 Å². The molecule has 3 fully saturated rings. The van der Waals surface area contributed by atoms with Crippen molar-refractivity contribution in [3.63, 3.8) is 0 Å². The molecule has 39 heavy (non-hydrogen) atoms. The zero-order chi connectivity index (χ0) is 27.7. The molecule has 1 aromatic heterocycles. The summed E-state index contributed by atoms with van der Waals surface area (Å²) in [4.78, 5) is 52.2. The number of anilines is 1. The molecule has 1 amide bonds. The van der Waals surface area contributed by atoms with Crippen LogP contribution in [0.15, 0.2) is 34.7 Å². The van der Waals surface area contributed by atoms with Crippen molar-refractivity contribution >= 4 is 40.9 Å². The molecular weight excluding hydrogens is 525 g/mol. The molecular formula is C28H32FN3O6S. The van der Waals surface area contributed by atoms with Crippen molar-refractivity contribution in [1.82, 2.24) is 10.2 Å². The summed E-state index contributed by atoms with van der Waals surface area (Å²) in [5.74, 6) is -0.758. The number of hydrogen-bond acceptors (Lipinski definition) is 9. The highest BCUT2D eigenvalue weighted by Gasteiger charge is 2.51. The minimum Gasteiger partial charge on any atom is -0.465 e. The average Bonchev–Trinajstić information content (AvgIpc) is 3.71. The van der Waals surface area contributed by atoms with Crippen LogP contribution in [0.4, 0.5) is 10.1 Å². The van der Waals surface area contributed by atoms with E-state index in [4.69, 9.17) is 9.15 Å². The lowest BCUT2D eigenvalue weighted by molar-refractivity contribution is -0.147. The summed E-state index contributed by atoms with van der Waals surface area (Å²) in [7, 11) is 0. The summed E-state index contributed by atoms with van der Waals surface area (Å²) < 4.78 is 26.6. The molecule has 11 heteroatoms. The molecule has 4 unspecified atom stereocenters. The van der Waals surface area contributed by atoms with Crippen LogP contribution >= 0.6 is 11.8 Å². The third-order valence-electron chi connectivity index (χ3n) is 7.52. The lowest BCUT2D eigenvalue weighted by atomic mass is 9.81. The monoisotopic (exact) mass is 557 g/mol. The van der Waals surface area contributed by atoms with Crippen LogP contribution in [0, 0.1) is 12.7 Å². The number of Topliss-reactive ketones (excluding diaryl/α,β-unsaturated/α-hetero) is 2. The number of benzene rings is 1. The van der Waals surface area contributed by atoms with Gasteiger partial charge in [-0.05, 0) is 69.5 Å². The lowest BCUT2D eigenvalue weighted by Crippen LogP contribution is -2.68. The minimum atomic E-state index is -0.999. The molecule has 1 saturated carbocycles. The first-order valence-corrected chi connectivity index (χ1v) is 14.4. The number of likely N-dealkylation sites (tertiary alicyclic amines) is 1. The van der Waals surface area contributed by atoms with E-state index >= 15 is 4.39 Å². The number of thioether (sulfide) groups is 1. The van der Waals surface area contributed by atoms with Crippen LogP contribution in [-0.4, -0.2) is 70.6 Å². The van der Waals surface area contributed by atoms with E-state index in [0.29, 0.717) is 25.1 Å². The number of halogens is 1. The summed E-state index contributed by atoms with van der Waals surface area (Å²) >= 11 is 1.79. The quantitative estimate of drug-likeness (QED) is 0.353. The van der Waals surface area contributed by atoms with Gasteiger partial charge in [0.25, 0.3) is 5.91 Å². The smallest absolute Gasteiger partial charge is 0.328 e. The Hall–Kier alpha value is -3.18. The second-order valence-electron chi connectivity index (χ2n) is 10.0. The number of amides is 1. The van der Waals surface area contributed by atoms with Crippen molar-refractivity contribution in [1.29, 1.82) is 0 Å². The van der Waals surface area contributed by atoms with E-state index in [1.54, 1.807) is 18.7 Å². The van der Waals surface area contributed by atoms with Gasteiger partial charge in [0.1, 0.15) is 29.6 Å². The number of esters is 1. The summed E-state index contributed by atoms with van der Waals surface area (Å²) in [6.07, 6.45) is 3.05. The van der Waals surface area contributed by atoms with E-state index in [2.05, 4.69) is 10.6 Å². The molecule has 2 saturated heterocycles. The van der Waals surface area contributed by atoms with E-state index < -0.39 is 47.4 Å². The third kappa shape index (κ3) is 5.34. The Morgan fingerprint density at radius 2 is 1.95 bits per heavy atom. The number of carbonyl (C=O) groups excluding carboxylic acids is 4. The van der Waals surface area contributed by atoms with Crippen LogP contribution in [0.25, 0.3) is 0 Å². The van der Waals surface area contributed by atoms with Gasteiger partial charge in [0.05, 0.1) is 23.9 Å². The molecule has 5 atom stereocenters. The molecule has 3 aliphatic rings. The first kappa shape index (κ1) is 27.4. The Bertz CT molecular complexity index is 1280. The maximum Gasteiger partial charge on any atom is 0.328 e. The van der Waals surface area contributed by atoms with Crippen molar-refractivity contribution < 1.29 is 32.7 Å². The van der Waals surface area contributed by atoms with Gasteiger partial charge >= 0.3 is 5.97 Å². The van der Waals surface area contributed by atoms with Gasteiger partial charge in [-0.25, -0.2) is 9.18 Å². The predicted molar refractivity (Wildman–Crippen MR) is 143 cm³/mol. The fraction of sp³-hybridized carbons (Fsp3) is 0.500. The molecule has 2 aliphatic heterocycles. The molecule has 5 rings (SSSR count). The number of hydrogen-bond donors (Lipinski definition) is 2. The van der Waals surface area contributed by atoms with Gasteiger partial charge in [0, 0.05) is 11.8 Å². The van der Waals surface area contributed by atoms with Crippen LogP contribution in [-0.2, 0) is 19.1 Å². The Morgan fingerprint density at radius 3 is 2.64 bits per heavy atom. The zero-order valence-corrected chi connectivity index (χ0v) is 22.7. The van der Waals surface area contributed by atoms with Crippen molar-refractivity contribution in [2.75, 3.05) is 24.2 Å². The summed E-state index contributed by atoms with van der Waals surface area (Å²) in [5, 5.41) is 6.34. The van der Waals surface area contributed by atoms with Gasteiger partial charge in [-0.2, -0.15) is 11.8 Å². The normalized spacial score (nSPS) is 25.5. The van der Waals surface area contributed by atoms with Crippen LogP contribution in [0.2, 0.25) is 0 Å². The van der Waals surface area contributed by atoms with Crippen LogP contribution in [0.1, 0.15) is 60.5 Å². The van der Waals surface area contributed by atoms with Gasteiger partial charge in [0.2, 0.25) is 11.6 Å². The molecule has 2 aromatic rings. The topological polar surface area (TPSA) is 118 Å². The van der Waals surface area contributed by atoms with E-state index in [-0.39, 0.29) is 29.1 Å². The van der Waals surface area contributed by atoms with Gasteiger partial charge < -0.3 is 19.4 Å².